The standard InChI is InChI=1S/C22H20FN7O2/c1-32-18-7-5-15(6-8-18)22(31)29-11-9-28(10-12-29)20-19-21(25-14-24-20)30(27-26-19)17-4-2-3-16(23)13-17/h2-8,13-14H,9-12H2,1H3. The van der Waals surface area contributed by atoms with Gasteiger partial charge in [0.2, 0.25) is 0 Å². The van der Waals surface area contributed by atoms with Crippen LogP contribution >= 0.6 is 0 Å². The lowest BCUT2D eigenvalue weighted by molar-refractivity contribution is 0.0746. The van der Waals surface area contributed by atoms with Crippen LogP contribution in [0.15, 0.2) is 54.9 Å². The van der Waals surface area contributed by atoms with Gasteiger partial charge in [-0.15, -0.1) is 5.10 Å². The molecule has 1 fully saturated rings. The minimum atomic E-state index is -0.363. The van der Waals surface area contributed by atoms with E-state index in [-0.39, 0.29) is 11.7 Å². The maximum absolute atomic E-state index is 13.7. The average molecular weight is 433 g/mol. The average Bonchev–Trinajstić information content (AvgIpc) is 3.28. The third kappa shape index (κ3) is 3.59. The molecule has 0 spiro atoms. The second-order valence-corrected chi connectivity index (χ2v) is 7.36. The topological polar surface area (TPSA) is 89.3 Å². The number of benzene rings is 2. The number of anilines is 1. The van der Waals surface area contributed by atoms with Crippen LogP contribution in [-0.2, 0) is 0 Å². The first-order valence-corrected chi connectivity index (χ1v) is 10.1. The molecule has 1 amide bonds. The Morgan fingerprint density at radius 1 is 1.03 bits per heavy atom. The number of ether oxygens (including phenoxy) is 1. The Labute approximate surface area is 183 Å². The van der Waals surface area contributed by atoms with Gasteiger partial charge in [-0.1, -0.05) is 11.3 Å². The number of methoxy groups -OCH3 is 1. The molecule has 0 radical (unpaired) electrons. The van der Waals surface area contributed by atoms with Crippen molar-refractivity contribution in [2.24, 2.45) is 0 Å². The molecule has 1 aliphatic heterocycles. The third-order valence-corrected chi connectivity index (χ3v) is 5.47. The summed E-state index contributed by atoms with van der Waals surface area (Å²) in [6.45, 7) is 2.30. The number of carbonyl (C=O) groups excluding carboxylic acids is 1. The molecule has 3 heterocycles. The Kier molecular flexibility index (Phi) is 5.10. The van der Waals surface area contributed by atoms with Gasteiger partial charge < -0.3 is 14.5 Å². The number of amides is 1. The number of rotatable bonds is 4. The van der Waals surface area contributed by atoms with Gasteiger partial charge in [-0.05, 0) is 42.5 Å². The van der Waals surface area contributed by atoms with Crippen LogP contribution in [-0.4, -0.2) is 69.1 Å². The van der Waals surface area contributed by atoms with Crippen LogP contribution in [0.2, 0.25) is 0 Å². The zero-order chi connectivity index (χ0) is 22.1. The van der Waals surface area contributed by atoms with Gasteiger partial charge in [-0.3, -0.25) is 4.79 Å². The van der Waals surface area contributed by atoms with Crippen molar-refractivity contribution in [1.82, 2.24) is 29.9 Å². The Balaban J connectivity index is 1.34. The third-order valence-electron chi connectivity index (χ3n) is 5.47. The predicted octanol–water partition coefficient (Wildman–Crippen LogP) is 2.32. The summed E-state index contributed by atoms with van der Waals surface area (Å²) < 4.78 is 20.3. The number of aromatic nitrogens is 5. The lowest BCUT2D eigenvalue weighted by atomic mass is 10.1. The zero-order valence-corrected chi connectivity index (χ0v) is 17.3. The molecular formula is C22H20FN7O2. The van der Waals surface area contributed by atoms with Crippen molar-refractivity contribution >= 4 is 22.9 Å². The number of hydrogen-bond donors (Lipinski definition) is 0. The van der Waals surface area contributed by atoms with Crippen molar-refractivity contribution in [3.8, 4) is 11.4 Å². The number of fused-ring (bicyclic) bond motifs is 1. The molecule has 0 saturated carbocycles. The fraction of sp³-hybridized carbons (Fsp3) is 0.227. The fourth-order valence-corrected chi connectivity index (χ4v) is 3.79. The molecule has 0 unspecified atom stereocenters. The van der Waals surface area contributed by atoms with Gasteiger partial charge in [0.25, 0.3) is 5.91 Å². The van der Waals surface area contributed by atoms with Gasteiger partial charge in [-0.25, -0.2) is 14.4 Å². The SMILES string of the molecule is COc1ccc(C(=O)N2CCN(c3ncnc4c3nnn4-c3cccc(F)c3)CC2)cc1. The van der Waals surface area contributed by atoms with E-state index in [1.807, 2.05) is 4.90 Å². The summed E-state index contributed by atoms with van der Waals surface area (Å²) in [5.74, 6) is 0.981. The van der Waals surface area contributed by atoms with Crippen LogP contribution in [0.25, 0.3) is 16.9 Å². The van der Waals surface area contributed by atoms with E-state index >= 15 is 0 Å². The van der Waals surface area contributed by atoms with Crippen LogP contribution < -0.4 is 9.64 Å². The lowest BCUT2D eigenvalue weighted by Crippen LogP contribution is -2.49. The Morgan fingerprint density at radius 3 is 2.53 bits per heavy atom. The van der Waals surface area contributed by atoms with E-state index in [1.165, 1.54) is 23.1 Å². The number of carbonyl (C=O) groups is 1. The lowest BCUT2D eigenvalue weighted by Gasteiger charge is -2.35. The minimum Gasteiger partial charge on any atom is -0.497 e. The van der Waals surface area contributed by atoms with Gasteiger partial charge in [0.1, 0.15) is 17.9 Å². The fourth-order valence-electron chi connectivity index (χ4n) is 3.79. The van der Waals surface area contributed by atoms with Gasteiger partial charge >= 0.3 is 0 Å². The van der Waals surface area contributed by atoms with Gasteiger partial charge in [-0.2, -0.15) is 4.68 Å². The van der Waals surface area contributed by atoms with Crippen molar-refractivity contribution < 1.29 is 13.9 Å². The molecule has 2 aromatic carbocycles. The molecule has 2 aromatic heterocycles. The normalized spacial score (nSPS) is 14.1. The molecule has 5 rings (SSSR count). The smallest absolute Gasteiger partial charge is 0.253 e. The first kappa shape index (κ1) is 19.9. The summed E-state index contributed by atoms with van der Waals surface area (Å²) in [6.07, 6.45) is 1.45. The Morgan fingerprint density at radius 2 is 1.81 bits per heavy atom. The number of halogens is 1. The molecule has 32 heavy (non-hydrogen) atoms. The van der Waals surface area contributed by atoms with E-state index in [1.54, 1.807) is 43.5 Å². The van der Waals surface area contributed by atoms with Crippen LogP contribution in [0, 0.1) is 5.82 Å². The Bertz CT molecular complexity index is 1270. The molecule has 0 atom stereocenters. The van der Waals surface area contributed by atoms with E-state index in [4.69, 9.17) is 4.74 Å². The maximum Gasteiger partial charge on any atom is 0.253 e. The van der Waals surface area contributed by atoms with E-state index in [2.05, 4.69) is 25.2 Å². The van der Waals surface area contributed by atoms with Crippen molar-refractivity contribution in [2.45, 2.75) is 0 Å². The van der Waals surface area contributed by atoms with E-state index in [0.29, 0.717) is 60.2 Å². The number of piperazine rings is 1. The molecule has 1 aliphatic rings. The first-order chi connectivity index (χ1) is 15.6. The molecule has 4 aromatic rings. The summed E-state index contributed by atoms with van der Waals surface area (Å²) in [6, 6.07) is 13.2. The van der Waals surface area contributed by atoms with Gasteiger partial charge in [0.05, 0.1) is 12.8 Å². The van der Waals surface area contributed by atoms with Crippen LogP contribution in [0.5, 0.6) is 5.75 Å². The highest BCUT2D eigenvalue weighted by Crippen LogP contribution is 2.24. The van der Waals surface area contributed by atoms with Crippen LogP contribution in [0.3, 0.4) is 0 Å². The summed E-state index contributed by atoms with van der Waals surface area (Å²) in [5, 5.41) is 8.40. The summed E-state index contributed by atoms with van der Waals surface area (Å²) in [4.78, 5) is 25.4. The maximum atomic E-state index is 13.7. The van der Waals surface area contributed by atoms with E-state index in [9.17, 15) is 9.18 Å². The quantitative estimate of drug-likeness (QED) is 0.488. The summed E-state index contributed by atoms with van der Waals surface area (Å²) in [7, 11) is 1.59. The van der Waals surface area contributed by atoms with E-state index in [0.717, 1.165) is 0 Å². The van der Waals surface area contributed by atoms with Crippen molar-refractivity contribution in [2.75, 3.05) is 38.2 Å². The van der Waals surface area contributed by atoms with Crippen LogP contribution in [0.4, 0.5) is 10.2 Å². The molecule has 0 bridgehead atoms. The van der Waals surface area contributed by atoms with E-state index < -0.39 is 0 Å². The van der Waals surface area contributed by atoms with Gasteiger partial charge in [0, 0.05) is 31.7 Å². The zero-order valence-electron chi connectivity index (χ0n) is 17.3. The second kappa shape index (κ2) is 8.22. The molecule has 1 saturated heterocycles. The highest BCUT2D eigenvalue weighted by molar-refractivity contribution is 5.94. The van der Waals surface area contributed by atoms with Gasteiger partial charge in [0.15, 0.2) is 17.0 Å². The Hall–Kier alpha value is -4.08. The highest BCUT2D eigenvalue weighted by atomic mass is 19.1. The molecule has 10 heteroatoms. The number of hydrogen-bond acceptors (Lipinski definition) is 7. The van der Waals surface area contributed by atoms with Crippen LogP contribution in [0.1, 0.15) is 10.4 Å². The minimum absolute atomic E-state index is 0.0165. The molecule has 162 valence electrons. The number of nitrogens with zero attached hydrogens (tertiary/aromatic N) is 7. The molecule has 9 nitrogen and oxygen atoms in total. The largest absolute Gasteiger partial charge is 0.497 e. The molecular weight excluding hydrogens is 413 g/mol. The highest BCUT2D eigenvalue weighted by Gasteiger charge is 2.25. The molecule has 0 N–H and O–H groups in total. The predicted molar refractivity (Wildman–Crippen MR) is 116 cm³/mol. The second-order valence-electron chi connectivity index (χ2n) is 7.36. The van der Waals surface area contributed by atoms with Crippen molar-refractivity contribution in [1.29, 1.82) is 0 Å². The summed E-state index contributed by atoms with van der Waals surface area (Å²) in [5.41, 5.74) is 2.19. The first-order valence-electron chi connectivity index (χ1n) is 10.1. The molecule has 0 aliphatic carbocycles. The van der Waals surface area contributed by atoms with Crippen molar-refractivity contribution in [3.63, 3.8) is 0 Å². The summed E-state index contributed by atoms with van der Waals surface area (Å²) >= 11 is 0. The van der Waals surface area contributed by atoms with Crippen molar-refractivity contribution in [3.05, 3.63) is 66.2 Å². The monoisotopic (exact) mass is 433 g/mol.